The average Bonchev–Trinajstić information content (AvgIpc) is 2.61. The minimum atomic E-state index is -3.58. The van der Waals surface area contributed by atoms with Crippen molar-refractivity contribution in [2.24, 2.45) is 4.99 Å². The molecule has 0 aliphatic carbocycles. The Kier molecular flexibility index (Phi) is 7.44. The maximum absolute atomic E-state index is 12.2. The third-order valence-corrected chi connectivity index (χ3v) is 5.28. The Labute approximate surface area is 159 Å². The van der Waals surface area contributed by atoms with Crippen molar-refractivity contribution < 1.29 is 8.42 Å². The molecule has 6 nitrogen and oxygen atoms in total. The van der Waals surface area contributed by atoms with Crippen LogP contribution in [0.4, 0.5) is 0 Å². The van der Waals surface area contributed by atoms with Crippen LogP contribution in [-0.2, 0) is 16.6 Å². The van der Waals surface area contributed by atoms with Gasteiger partial charge in [0.2, 0.25) is 10.0 Å². The Bertz CT molecular complexity index is 869. The van der Waals surface area contributed by atoms with Crippen molar-refractivity contribution in [2.75, 3.05) is 20.1 Å². The smallest absolute Gasteiger partial charge is 0.240 e. The van der Waals surface area contributed by atoms with Crippen LogP contribution in [0.2, 0.25) is 5.02 Å². The number of nitrogens with one attached hydrogen (secondary N) is 3. The number of hydrogen-bond acceptors (Lipinski definition) is 3. The van der Waals surface area contributed by atoms with Crippen molar-refractivity contribution in [1.82, 2.24) is 15.4 Å². The number of benzene rings is 2. The molecule has 0 heterocycles. The first-order valence-corrected chi connectivity index (χ1v) is 10.0. The molecule has 0 radical (unpaired) electrons. The molecule has 0 saturated heterocycles. The van der Waals surface area contributed by atoms with Crippen molar-refractivity contribution in [3.8, 4) is 0 Å². The number of aliphatic imine (C=N–C) groups is 1. The van der Waals surface area contributed by atoms with Gasteiger partial charge in [0.05, 0.1) is 4.90 Å². The Morgan fingerprint density at radius 2 is 1.85 bits per heavy atom. The Morgan fingerprint density at radius 1 is 1.08 bits per heavy atom. The summed E-state index contributed by atoms with van der Waals surface area (Å²) >= 11 is 5.84. The van der Waals surface area contributed by atoms with E-state index in [0.29, 0.717) is 24.1 Å². The van der Waals surface area contributed by atoms with Crippen molar-refractivity contribution >= 4 is 27.6 Å². The van der Waals surface area contributed by atoms with Gasteiger partial charge in [-0.25, -0.2) is 13.1 Å². The molecule has 2 aromatic rings. The Balaban J connectivity index is 1.78. The maximum atomic E-state index is 12.2. The summed E-state index contributed by atoms with van der Waals surface area (Å²) in [5, 5.41) is 6.65. The molecule has 8 heteroatoms. The predicted octanol–water partition coefficient (Wildman–Crippen LogP) is 2.29. The van der Waals surface area contributed by atoms with Gasteiger partial charge in [-0.2, -0.15) is 0 Å². The first kappa shape index (κ1) is 20.2. The molecule has 0 aromatic heterocycles. The van der Waals surface area contributed by atoms with Gasteiger partial charge in [0, 0.05) is 31.7 Å². The first-order chi connectivity index (χ1) is 12.4. The number of aryl methyl sites for hydroxylation is 1. The van der Waals surface area contributed by atoms with Crippen LogP contribution >= 0.6 is 11.6 Å². The van der Waals surface area contributed by atoms with Crippen LogP contribution in [0, 0.1) is 6.92 Å². The highest BCUT2D eigenvalue weighted by atomic mass is 35.5. The van der Waals surface area contributed by atoms with E-state index in [9.17, 15) is 8.42 Å². The highest BCUT2D eigenvalue weighted by molar-refractivity contribution is 7.89. The summed E-state index contributed by atoms with van der Waals surface area (Å²) in [6.07, 6.45) is 0. The van der Waals surface area contributed by atoms with Gasteiger partial charge in [-0.05, 0) is 30.7 Å². The molecule has 0 aliphatic heterocycles. The second kappa shape index (κ2) is 9.56. The second-order valence-electron chi connectivity index (χ2n) is 5.70. The molecule has 140 valence electrons. The number of halogens is 1. The maximum Gasteiger partial charge on any atom is 0.240 e. The lowest BCUT2D eigenvalue weighted by atomic mass is 10.1. The normalized spacial score (nSPS) is 12.0. The zero-order valence-corrected chi connectivity index (χ0v) is 16.4. The van der Waals surface area contributed by atoms with E-state index in [1.807, 2.05) is 25.1 Å². The van der Waals surface area contributed by atoms with E-state index in [0.717, 1.165) is 5.56 Å². The molecule has 2 aromatic carbocycles. The van der Waals surface area contributed by atoms with E-state index >= 15 is 0 Å². The third-order valence-electron chi connectivity index (χ3n) is 3.58. The zero-order valence-electron chi connectivity index (χ0n) is 14.8. The van der Waals surface area contributed by atoms with Crippen molar-refractivity contribution in [2.45, 2.75) is 18.4 Å². The summed E-state index contributed by atoms with van der Waals surface area (Å²) < 4.78 is 26.9. The molecular formula is C18H23ClN4O2S. The lowest BCUT2D eigenvalue weighted by molar-refractivity contribution is 0.580. The van der Waals surface area contributed by atoms with E-state index in [-0.39, 0.29) is 11.4 Å². The van der Waals surface area contributed by atoms with Crippen LogP contribution in [0.3, 0.4) is 0 Å². The fourth-order valence-electron chi connectivity index (χ4n) is 2.31. The standard InChI is InChI=1S/C18H23ClN4O2S/c1-14-5-3-6-15(11-14)13-22-18(20-2)21-9-10-23-26(24,25)17-8-4-7-16(19)12-17/h3-8,11-12,23H,9-10,13H2,1-2H3,(H2,20,21,22). The molecule has 0 unspecified atom stereocenters. The van der Waals surface area contributed by atoms with Gasteiger partial charge in [-0.1, -0.05) is 47.5 Å². The molecule has 3 N–H and O–H groups in total. The first-order valence-electron chi connectivity index (χ1n) is 8.16. The molecule has 0 amide bonds. The molecule has 0 spiro atoms. The number of sulfonamides is 1. The van der Waals surface area contributed by atoms with Gasteiger partial charge >= 0.3 is 0 Å². The van der Waals surface area contributed by atoms with Crippen LogP contribution in [0.1, 0.15) is 11.1 Å². The fraction of sp³-hybridized carbons (Fsp3) is 0.278. The van der Waals surface area contributed by atoms with Gasteiger partial charge < -0.3 is 10.6 Å². The molecule has 0 bridgehead atoms. The third kappa shape index (κ3) is 6.33. The molecule has 0 saturated carbocycles. The van der Waals surface area contributed by atoms with Crippen LogP contribution in [-0.4, -0.2) is 34.5 Å². The van der Waals surface area contributed by atoms with Crippen LogP contribution < -0.4 is 15.4 Å². The van der Waals surface area contributed by atoms with Gasteiger partial charge in [0.25, 0.3) is 0 Å². The Morgan fingerprint density at radius 3 is 2.54 bits per heavy atom. The largest absolute Gasteiger partial charge is 0.355 e. The SMILES string of the molecule is CN=C(NCCNS(=O)(=O)c1cccc(Cl)c1)NCc1cccc(C)c1. The highest BCUT2D eigenvalue weighted by Crippen LogP contribution is 2.14. The lowest BCUT2D eigenvalue weighted by Gasteiger charge is -2.13. The summed E-state index contributed by atoms with van der Waals surface area (Å²) in [7, 11) is -1.91. The van der Waals surface area contributed by atoms with Gasteiger partial charge in [-0.3, -0.25) is 4.99 Å². The number of guanidine groups is 1. The topological polar surface area (TPSA) is 82.6 Å². The molecule has 26 heavy (non-hydrogen) atoms. The van der Waals surface area contributed by atoms with Gasteiger partial charge in [-0.15, -0.1) is 0 Å². The predicted molar refractivity (Wildman–Crippen MR) is 106 cm³/mol. The summed E-state index contributed by atoms with van der Waals surface area (Å²) in [6.45, 7) is 3.30. The summed E-state index contributed by atoms with van der Waals surface area (Å²) in [5.74, 6) is 0.605. The quantitative estimate of drug-likeness (QED) is 0.382. The number of rotatable bonds is 7. The molecule has 2 rings (SSSR count). The number of nitrogens with zero attached hydrogens (tertiary/aromatic N) is 1. The van der Waals surface area contributed by atoms with E-state index in [4.69, 9.17) is 11.6 Å². The molecule has 0 fully saturated rings. The van der Waals surface area contributed by atoms with Crippen molar-refractivity contribution in [3.05, 3.63) is 64.7 Å². The zero-order chi connectivity index (χ0) is 19.0. The highest BCUT2D eigenvalue weighted by Gasteiger charge is 2.13. The van der Waals surface area contributed by atoms with Gasteiger partial charge in [0.15, 0.2) is 5.96 Å². The monoisotopic (exact) mass is 394 g/mol. The van der Waals surface area contributed by atoms with Gasteiger partial charge in [0.1, 0.15) is 0 Å². The second-order valence-corrected chi connectivity index (χ2v) is 7.90. The van der Waals surface area contributed by atoms with Crippen LogP contribution in [0.5, 0.6) is 0 Å². The van der Waals surface area contributed by atoms with Crippen LogP contribution in [0.15, 0.2) is 58.4 Å². The summed E-state index contributed by atoms with van der Waals surface area (Å²) in [6, 6.07) is 14.3. The fourth-order valence-corrected chi connectivity index (χ4v) is 3.64. The average molecular weight is 395 g/mol. The minimum Gasteiger partial charge on any atom is -0.355 e. The molecular weight excluding hydrogens is 372 g/mol. The van der Waals surface area contributed by atoms with E-state index in [1.165, 1.54) is 17.7 Å². The van der Waals surface area contributed by atoms with Crippen molar-refractivity contribution in [1.29, 1.82) is 0 Å². The minimum absolute atomic E-state index is 0.145. The molecule has 0 atom stereocenters. The van der Waals surface area contributed by atoms with E-state index in [2.05, 4.69) is 26.4 Å². The summed E-state index contributed by atoms with van der Waals surface area (Å²) in [5.41, 5.74) is 2.34. The Hall–Kier alpha value is -2.09. The lowest BCUT2D eigenvalue weighted by Crippen LogP contribution is -2.41. The summed E-state index contributed by atoms with van der Waals surface area (Å²) in [4.78, 5) is 4.27. The van der Waals surface area contributed by atoms with E-state index < -0.39 is 10.0 Å². The molecule has 0 aliphatic rings. The van der Waals surface area contributed by atoms with Crippen LogP contribution in [0.25, 0.3) is 0 Å². The number of hydrogen-bond donors (Lipinski definition) is 3. The van der Waals surface area contributed by atoms with Crippen molar-refractivity contribution in [3.63, 3.8) is 0 Å². The van der Waals surface area contributed by atoms with E-state index in [1.54, 1.807) is 19.2 Å².